The van der Waals surface area contributed by atoms with Gasteiger partial charge in [-0.05, 0) is 45.8 Å². The first-order valence-corrected chi connectivity index (χ1v) is 9.13. The van der Waals surface area contributed by atoms with Crippen LogP contribution in [0.15, 0.2) is 50.0 Å². The molecule has 1 unspecified atom stereocenters. The van der Waals surface area contributed by atoms with Gasteiger partial charge < -0.3 is 19.8 Å². The van der Waals surface area contributed by atoms with E-state index in [2.05, 4.69) is 47.2 Å². The maximum Gasteiger partial charge on any atom is 0.307 e. The van der Waals surface area contributed by atoms with Crippen LogP contribution >= 0.6 is 31.9 Å². The lowest BCUT2D eigenvalue weighted by molar-refractivity contribution is -0.141. The maximum atomic E-state index is 12.2. The van der Waals surface area contributed by atoms with Crippen LogP contribution in [0, 0.1) is 0 Å². The van der Waals surface area contributed by atoms with Gasteiger partial charge in [-0.2, -0.15) is 0 Å². The molecule has 138 valence electrons. The maximum absolute atomic E-state index is 12.2. The Labute approximate surface area is 166 Å². The Bertz CT molecular complexity index is 789. The van der Waals surface area contributed by atoms with Gasteiger partial charge in [0.25, 0.3) is 5.91 Å². The molecule has 0 aliphatic heterocycles. The Hall–Kier alpha value is -2.13. The molecule has 7 nitrogen and oxygen atoms in total. The number of carbonyl (C=O) groups excluding carboxylic acids is 3. The van der Waals surface area contributed by atoms with Gasteiger partial charge in [-0.15, -0.1) is 0 Å². The number of nitrogens with one attached hydrogen (secondary N) is 2. The lowest BCUT2D eigenvalue weighted by Crippen LogP contribution is -2.39. The van der Waals surface area contributed by atoms with Crippen molar-refractivity contribution in [3.8, 4) is 0 Å². The average Bonchev–Trinajstić information content (AvgIpc) is 3.06. The Morgan fingerprint density at radius 1 is 1.12 bits per heavy atom. The molecular formula is C17H16Br2N2O5. The molecule has 0 aliphatic rings. The molecule has 0 aliphatic carbocycles. The summed E-state index contributed by atoms with van der Waals surface area (Å²) < 4.78 is 11.1. The number of furan rings is 1. The SMILES string of the molecule is COC(=O)CC(NC(=O)CNC(=O)c1ccc(Br)o1)c1ccc(Br)cc1. The summed E-state index contributed by atoms with van der Waals surface area (Å²) in [5.41, 5.74) is 0.744. The van der Waals surface area contributed by atoms with Crippen molar-refractivity contribution in [2.45, 2.75) is 12.5 Å². The number of methoxy groups -OCH3 is 1. The van der Waals surface area contributed by atoms with E-state index in [1.807, 2.05) is 12.1 Å². The van der Waals surface area contributed by atoms with Crippen molar-refractivity contribution in [2.75, 3.05) is 13.7 Å². The van der Waals surface area contributed by atoms with Crippen LogP contribution in [0.25, 0.3) is 0 Å². The summed E-state index contributed by atoms with van der Waals surface area (Å²) in [5, 5.41) is 5.18. The Kier molecular flexibility index (Phi) is 7.40. The van der Waals surface area contributed by atoms with Gasteiger partial charge in [0.15, 0.2) is 10.4 Å². The summed E-state index contributed by atoms with van der Waals surface area (Å²) in [5.74, 6) is -1.33. The van der Waals surface area contributed by atoms with Crippen LogP contribution in [-0.2, 0) is 14.3 Å². The molecule has 2 aromatic rings. The largest absolute Gasteiger partial charge is 0.469 e. The van der Waals surface area contributed by atoms with Crippen LogP contribution in [0.2, 0.25) is 0 Å². The van der Waals surface area contributed by atoms with Crippen molar-refractivity contribution in [1.82, 2.24) is 10.6 Å². The molecule has 0 spiro atoms. The van der Waals surface area contributed by atoms with Crippen LogP contribution in [0.4, 0.5) is 0 Å². The Morgan fingerprint density at radius 3 is 2.38 bits per heavy atom. The van der Waals surface area contributed by atoms with Crippen molar-refractivity contribution in [3.63, 3.8) is 0 Å². The molecule has 1 aromatic heterocycles. The highest BCUT2D eigenvalue weighted by Crippen LogP contribution is 2.20. The van der Waals surface area contributed by atoms with E-state index in [9.17, 15) is 14.4 Å². The number of amides is 2. The van der Waals surface area contributed by atoms with Gasteiger partial charge >= 0.3 is 5.97 Å². The number of rotatable bonds is 7. The number of halogens is 2. The zero-order valence-corrected chi connectivity index (χ0v) is 16.9. The van der Waals surface area contributed by atoms with Crippen LogP contribution in [0.5, 0.6) is 0 Å². The zero-order valence-electron chi connectivity index (χ0n) is 13.8. The van der Waals surface area contributed by atoms with Crippen LogP contribution in [0.1, 0.15) is 28.6 Å². The number of hydrogen-bond acceptors (Lipinski definition) is 5. The molecular weight excluding hydrogens is 472 g/mol. The van der Waals surface area contributed by atoms with E-state index < -0.39 is 23.8 Å². The lowest BCUT2D eigenvalue weighted by atomic mass is 10.0. The van der Waals surface area contributed by atoms with E-state index in [-0.39, 0.29) is 18.7 Å². The van der Waals surface area contributed by atoms with Crippen molar-refractivity contribution in [3.05, 3.63) is 56.9 Å². The van der Waals surface area contributed by atoms with Crippen molar-refractivity contribution in [1.29, 1.82) is 0 Å². The second-order valence-corrected chi connectivity index (χ2v) is 6.94. The average molecular weight is 488 g/mol. The quantitative estimate of drug-likeness (QED) is 0.585. The molecule has 9 heteroatoms. The molecule has 1 heterocycles. The number of ether oxygens (including phenoxy) is 1. The lowest BCUT2D eigenvalue weighted by Gasteiger charge is -2.18. The van der Waals surface area contributed by atoms with Crippen molar-refractivity contribution < 1.29 is 23.5 Å². The first-order valence-electron chi connectivity index (χ1n) is 7.54. The van der Waals surface area contributed by atoms with E-state index in [0.717, 1.165) is 10.0 Å². The molecule has 0 fully saturated rings. The van der Waals surface area contributed by atoms with Gasteiger partial charge in [0.05, 0.1) is 26.1 Å². The molecule has 2 N–H and O–H groups in total. The fraction of sp³-hybridized carbons (Fsp3) is 0.235. The minimum absolute atomic E-state index is 0.0249. The first kappa shape index (κ1) is 20.2. The van der Waals surface area contributed by atoms with E-state index >= 15 is 0 Å². The Morgan fingerprint density at radius 2 is 1.81 bits per heavy atom. The molecule has 2 amide bonds. The van der Waals surface area contributed by atoms with Crippen molar-refractivity contribution in [2.24, 2.45) is 0 Å². The van der Waals surface area contributed by atoms with E-state index in [1.54, 1.807) is 18.2 Å². The predicted molar refractivity (Wildman–Crippen MR) is 100 cm³/mol. The molecule has 1 atom stereocenters. The second kappa shape index (κ2) is 9.54. The summed E-state index contributed by atoms with van der Waals surface area (Å²) in [6, 6.07) is 9.68. The molecule has 0 saturated heterocycles. The summed E-state index contributed by atoms with van der Waals surface area (Å²) in [6.07, 6.45) is -0.0249. The smallest absolute Gasteiger partial charge is 0.307 e. The van der Waals surface area contributed by atoms with E-state index in [1.165, 1.54) is 13.2 Å². The van der Waals surface area contributed by atoms with Gasteiger partial charge in [-0.25, -0.2) is 0 Å². The van der Waals surface area contributed by atoms with Crippen LogP contribution in [-0.4, -0.2) is 31.4 Å². The predicted octanol–water partition coefficient (Wildman–Crippen LogP) is 2.96. The highest BCUT2D eigenvalue weighted by atomic mass is 79.9. The third-order valence-electron chi connectivity index (χ3n) is 3.41. The summed E-state index contributed by atoms with van der Waals surface area (Å²) in [7, 11) is 1.28. The van der Waals surface area contributed by atoms with Crippen LogP contribution < -0.4 is 10.6 Å². The highest BCUT2D eigenvalue weighted by molar-refractivity contribution is 9.10. The summed E-state index contributed by atoms with van der Waals surface area (Å²) >= 11 is 6.44. The molecule has 2 rings (SSSR count). The number of carbonyl (C=O) groups is 3. The van der Waals surface area contributed by atoms with Gasteiger partial charge in [-0.3, -0.25) is 14.4 Å². The summed E-state index contributed by atoms with van der Waals surface area (Å²) in [4.78, 5) is 35.7. The minimum Gasteiger partial charge on any atom is -0.469 e. The fourth-order valence-electron chi connectivity index (χ4n) is 2.13. The highest BCUT2D eigenvalue weighted by Gasteiger charge is 2.20. The van der Waals surface area contributed by atoms with E-state index in [0.29, 0.717) is 4.67 Å². The van der Waals surface area contributed by atoms with Crippen molar-refractivity contribution >= 4 is 49.6 Å². The van der Waals surface area contributed by atoms with Crippen LogP contribution in [0.3, 0.4) is 0 Å². The van der Waals surface area contributed by atoms with Gasteiger partial charge in [0.1, 0.15) is 0 Å². The second-order valence-electron chi connectivity index (χ2n) is 5.24. The monoisotopic (exact) mass is 486 g/mol. The summed E-state index contributed by atoms with van der Waals surface area (Å²) in [6.45, 7) is -0.259. The van der Waals surface area contributed by atoms with Gasteiger partial charge in [0, 0.05) is 4.47 Å². The topological polar surface area (TPSA) is 97.6 Å². The third kappa shape index (κ3) is 5.99. The number of hydrogen-bond donors (Lipinski definition) is 2. The standard InChI is InChI=1S/C17H16Br2N2O5/c1-25-16(23)8-12(10-2-4-11(18)5-3-10)21-15(22)9-20-17(24)13-6-7-14(19)26-13/h2-7,12H,8-9H2,1H3,(H,20,24)(H,21,22). The molecule has 26 heavy (non-hydrogen) atoms. The third-order valence-corrected chi connectivity index (χ3v) is 4.37. The zero-order chi connectivity index (χ0) is 19.1. The molecule has 1 aromatic carbocycles. The minimum atomic E-state index is -0.572. The van der Waals surface area contributed by atoms with E-state index in [4.69, 9.17) is 4.42 Å². The van der Waals surface area contributed by atoms with Gasteiger partial charge in [0.2, 0.25) is 5.91 Å². The normalized spacial score (nSPS) is 11.5. The van der Waals surface area contributed by atoms with Gasteiger partial charge in [-0.1, -0.05) is 28.1 Å². The molecule has 0 saturated carbocycles. The Balaban J connectivity index is 1.97. The number of benzene rings is 1. The first-order chi connectivity index (χ1) is 12.4. The fourth-order valence-corrected chi connectivity index (χ4v) is 2.70. The molecule has 0 bridgehead atoms. The molecule has 0 radical (unpaired) electrons. The number of esters is 1.